The van der Waals surface area contributed by atoms with Crippen LogP contribution in [0.5, 0.6) is 5.88 Å². The molecule has 178 valence electrons. The largest absolute Gasteiger partial charge is 0.477 e. The first-order valence-corrected chi connectivity index (χ1v) is 13.7. The SMILES string of the molecule is CCOc1cncc(-c2ccc3c(c2)CN([C@H](CC)c2csc(NS(=O)(=O)C4CC4)n2)C3=O)n1. The summed E-state index contributed by atoms with van der Waals surface area (Å²) < 4.78 is 32.5. The smallest absolute Gasteiger partial charge is 0.255 e. The van der Waals surface area contributed by atoms with E-state index in [4.69, 9.17) is 4.74 Å². The molecule has 1 atom stereocenters. The van der Waals surface area contributed by atoms with Gasteiger partial charge in [-0.05, 0) is 43.9 Å². The molecule has 1 saturated carbocycles. The number of hydrogen-bond acceptors (Lipinski definition) is 8. The van der Waals surface area contributed by atoms with Gasteiger partial charge in [0.25, 0.3) is 5.91 Å². The van der Waals surface area contributed by atoms with E-state index in [2.05, 4.69) is 19.7 Å². The predicted molar refractivity (Wildman–Crippen MR) is 129 cm³/mol. The highest BCUT2D eigenvalue weighted by atomic mass is 32.2. The second kappa shape index (κ2) is 8.95. The second-order valence-electron chi connectivity index (χ2n) is 8.33. The standard InChI is InChI=1S/C23H25N5O4S2/c1-3-20(19-13-33-23(26-19)27-34(30,31)16-6-7-16)28-12-15-9-14(5-8-17(15)22(28)29)18-10-24-11-21(25-18)32-4-2/h5,8-11,13,16,20H,3-4,6-7,12H2,1-2H3,(H,26,27)/t20-/m1/s1. The zero-order valence-electron chi connectivity index (χ0n) is 18.9. The first kappa shape index (κ1) is 22.7. The average Bonchev–Trinajstić information content (AvgIpc) is 3.53. The molecular weight excluding hydrogens is 474 g/mol. The summed E-state index contributed by atoms with van der Waals surface area (Å²) in [6.45, 7) is 4.83. The van der Waals surface area contributed by atoms with Crippen molar-refractivity contribution in [3.05, 3.63) is 52.8 Å². The maximum Gasteiger partial charge on any atom is 0.255 e. The van der Waals surface area contributed by atoms with Crippen LogP contribution in [0.3, 0.4) is 0 Å². The van der Waals surface area contributed by atoms with E-state index < -0.39 is 10.0 Å². The van der Waals surface area contributed by atoms with Gasteiger partial charge in [-0.15, -0.1) is 11.3 Å². The van der Waals surface area contributed by atoms with Gasteiger partial charge in [0, 0.05) is 23.1 Å². The van der Waals surface area contributed by atoms with Gasteiger partial charge in [-0.1, -0.05) is 13.0 Å². The van der Waals surface area contributed by atoms with Gasteiger partial charge < -0.3 is 9.64 Å². The zero-order chi connectivity index (χ0) is 23.9. The summed E-state index contributed by atoms with van der Waals surface area (Å²) >= 11 is 1.25. The number of thiazole rings is 1. The fraction of sp³-hybridized carbons (Fsp3) is 0.391. The Balaban J connectivity index is 1.37. The first-order chi connectivity index (χ1) is 16.4. The Morgan fingerprint density at radius 1 is 1.24 bits per heavy atom. The van der Waals surface area contributed by atoms with E-state index in [1.54, 1.807) is 17.3 Å². The van der Waals surface area contributed by atoms with Crippen molar-refractivity contribution in [2.75, 3.05) is 11.3 Å². The van der Waals surface area contributed by atoms with Crippen LogP contribution in [0, 0.1) is 0 Å². The molecule has 3 heterocycles. The van der Waals surface area contributed by atoms with Gasteiger partial charge in [0.15, 0.2) is 5.13 Å². The summed E-state index contributed by atoms with van der Waals surface area (Å²) in [6, 6.07) is 5.41. The van der Waals surface area contributed by atoms with Crippen molar-refractivity contribution in [1.82, 2.24) is 19.9 Å². The molecule has 11 heteroatoms. The fourth-order valence-corrected chi connectivity index (χ4v) is 6.47. The fourth-order valence-electron chi connectivity index (χ4n) is 4.12. The van der Waals surface area contributed by atoms with Crippen molar-refractivity contribution in [2.24, 2.45) is 0 Å². The van der Waals surface area contributed by atoms with E-state index >= 15 is 0 Å². The molecule has 2 aliphatic rings. The molecule has 3 aromatic rings. The van der Waals surface area contributed by atoms with Crippen LogP contribution in [0.1, 0.15) is 60.8 Å². The monoisotopic (exact) mass is 499 g/mol. The average molecular weight is 500 g/mol. The number of nitrogens with one attached hydrogen (secondary N) is 1. The maximum atomic E-state index is 13.2. The van der Waals surface area contributed by atoms with Crippen molar-refractivity contribution in [3.8, 4) is 17.1 Å². The number of benzene rings is 1. The van der Waals surface area contributed by atoms with Crippen molar-refractivity contribution in [2.45, 2.75) is 50.9 Å². The summed E-state index contributed by atoms with van der Waals surface area (Å²) in [5.74, 6) is 0.400. The van der Waals surface area contributed by atoms with E-state index in [0.29, 0.717) is 60.4 Å². The third kappa shape index (κ3) is 4.37. The van der Waals surface area contributed by atoms with Crippen LogP contribution in [0.2, 0.25) is 0 Å². The molecular formula is C23H25N5O4S2. The highest BCUT2D eigenvalue weighted by Gasteiger charge is 2.37. The Labute approximate surface area is 202 Å². The minimum atomic E-state index is -3.37. The number of carbonyl (C=O) groups is 1. The molecule has 5 rings (SSSR count). The highest BCUT2D eigenvalue weighted by molar-refractivity contribution is 7.93. The van der Waals surface area contributed by atoms with Gasteiger partial charge >= 0.3 is 0 Å². The van der Waals surface area contributed by atoms with Crippen molar-refractivity contribution < 1.29 is 17.9 Å². The molecule has 1 aliphatic carbocycles. The summed E-state index contributed by atoms with van der Waals surface area (Å²) in [6.07, 6.45) is 5.29. The molecule has 1 aromatic carbocycles. The van der Waals surface area contributed by atoms with Crippen LogP contribution in [-0.4, -0.2) is 46.0 Å². The topological polar surface area (TPSA) is 114 Å². The van der Waals surface area contributed by atoms with E-state index in [9.17, 15) is 13.2 Å². The molecule has 0 bridgehead atoms. The van der Waals surface area contributed by atoms with Crippen LogP contribution in [-0.2, 0) is 16.6 Å². The molecule has 9 nitrogen and oxygen atoms in total. The lowest BCUT2D eigenvalue weighted by Crippen LogP contribution is -2.29. The summed E-state index contributed by atoms with van der Waals surface area (Å²) in [7, 11) is -3.37. The number of fused-ring (bicyclic) bond motifs is 1. The van der Waals surface area contributed by atoms with Crippen LogP contribution in [0.4, 0.5) is 5.13 Å². The van der Waals surface area contributed by atoms with Gasteiger partial charge in [-0.2, -0.15) is 0 Å². The number of anilines is 1. The van der Waals surface area contributed by atoms with Gasteiger partial charge in [-0.25, -0.2) is 18.4 Å². The molecule has 0 spiro atoms. The van der Waals surface area contributed by atoms with Gasteiger partial charge in [0.1, 0.15) is 0 Å². The van der Waals surface area contributed by atoms with E-state index in [-0.39, 0.29) is 17.2 Å². The van der Waals surface area contributed by atoms with Gasteiger partial charge in [0.2, 0.25) is 15.9 Å². The number of nitrogens with zero attached hydrogens (tertiary/aromatic N) is 4. The molecule has 0 saturated heterocycles. The van der Waals surface area contributed by atoms with Crippen molar-refractivity contribution in [3.63, 3.8) is 0 Å². The van der Waals surface area contributed by atoms with Crippen LogP contribution in [0.25, 0.3) is 11.3 Å². The number of ether oxygens (including phenoxy) is 1. The third-order valence-electron chi connectivity index (χ3n) is 5.96. The number of aromatic nitrogens is 3. The second-order valence-corrected chi connectivity index (χ2v) is 11.1. The Kier molecular flexibility index (Phi) is 5.98. The minimum Gasteiger partial charge on any atom is -0.477 e. The molecule has 1 amide bonds. The Morgan fingerprint density at radius 3 is 2.79 bits per heavy atom. The lowest BCUT2D eigenvalue weighted by atomic mass is 10.0. The lowest BCUT2D eigenvalue weighted by molar-refractivity contribution is 0.0692. The predicted octanol–water partition coefficient (Wildman–Crippen LogP) is 4.01. The van der Waals surface area contributed by atoms with E-state index in [1.165, 1.54) is 11.3 Å². The lowest BCUT2D eigenvalue weighted by Gasteiger charge is -2.25. The normalized spacial score (nSPS) is 16.4. The maximum absolute atomic E-state index is 13.2. The van der Waals surface area contributed by atoms with E-state index in [0.717, 1.165) is 11.1 Å². The summed E-state index contributed by atoms with van der Waals surface area (Å²) in [4.78, 5) is 28.2. The van der Waals surface area contributed by atoms with Crippen LogP contribution < -0.4 is 9.46 Å². The molecule has 34 heavy (non-hydrogen) atoms. The first-order valence-electron chi connectivity index (χ1n) is 11.3. The Bertz CT molecular complexity index is 1340. The Morgan fingerprint density at radius 2 is 2.06 bits per heavy atom. The van der Waals surface area contributed by atoms with Crippen molar-refractivity contribution in [1.29, 1.82) is 0 Å². The van der Waals surface area contributed by atoms with Crippen LogP contribution >= 0.6 is 11.3 Å². The summed E-state index contributed by atoms with van der Waals surface area (Å²) in [5.41, 5.74) is 3.80. The van der Waals surface area contributed by atoms with Crippen molar-refractivity contribution >= 4 is 32.4 Å². The molecule has 1 fully saturated rings. The number of carbonyl (C=O) groups excluding carboxylic acids is 1. The molecule has 1 aliphatic heterocycles. The van der Waals surface area contributed by atoms with E-state index in [1.807, 2.05) is 37.4 Å². The van der Waals surface area contributed by atoms with Gasteiger partial charge in [-0.3, -0.25) is 14.5 Å². The zero-order valence-corrected chi connectivity index (χ0v) is 20.5. The quantitative estimate of drug-likeness (QED) is 0.473. The molecule has 1 N–H and O–H groups in total. The number of amides is 1. The Hall–Kier alpha value is -3.05. The van der Waals surface area contributed by atoms with Crippen LogP contribution in [0.15, 0.2) is 36.0 Å². The molecule has 2 aromatic heterocycles. The summed E-state index contributed by atoms with van der Waals surface area (Å²) in [5, 5.41) is 1.86. The number of rotatable bonds is 9. The van der Waals surface area contributed by atoms with Gasteiger partial charge in [0.05, 0.1) is 41.7 Å². The third-order valence-corrected chi connectivity index (χ3v) is 8.69. The number of sulfonamides is 1. The number of hydrogen-bond donors (Lipinski definition) is 1. The highest BCUT2D eigenvalue weighted by Crippen LogP contribution is 2.37. The molecule has 0 radical (unpaired) electrons. The molecule has 0 unspecified atom stereocenters. The minimum absolute atomic E-state index is 0.0596.